The molecule has 0 saturated heterocycles. The van der Waals surface area contributed by atoms with Gasteiger partial charge in [0.2, 0.25) is 18.2 Å². The molecule has 0 spiro atoms. The van der Waals surface area contributed by atoms with Gasteiger partial charge in [0.1, 0.15) is 0 Å². The Morgan fingerprint density at radius 3 is 1.07 bits per heavy atom. The Balaban J connectivity index is 3.58. The number of carbonyl (C=O) groups excluding carboxylic acids is 3. The van der Waals surface area contributed by atoms with Crippen LogP contribution in [0.1, 0.15) is 103 Å². The lowest BCUT2D eigenvalue weighted by atomic mass is 10.0. The van der Waals surface area contributed by atoms with Crippen LogP contribution in [0, 0.1) is 0 Å². The van der Waals surface area contributed by atoms with Crippen molar-refractivity contribution < 1.29 is 14.4 Å². The molecule has 0 radical (unpaired) electrons. The van der Waals surface area contributed by atoms with Crippen molar-refractivity contribution in [3.05, 3.63) is 0 Å². The number of rotatable bonds is 20. The maximum absolute atomic E-state index is 10.5. The number of isocyanates is 3. The van der Waals surface area contributed by atoms with Crippen LogP contribution in [0.2, 0.25) is 6.04 Å². The van der Waals surface area contributed by atoms with Crippen molar-refractivity contribution in [1.82, 2.24) is 0 Å². The van der Waals surface area contributed by atoms with Crippen LogP contribution in [0.3, 0.4) is 0 Å². The summed E-state index contributed by atoms with van der Waals surface area (Å²) in [4.78, 5) is 41.6. The first-order valence-corrected chi connectivity index (χ1v) is 12.4. The molecule has 0 amide bonds. The summed E-state index contributed by atoms with van der Waals surface area (Å²) in [6, 6.07) is 1.46. The minimum Gasteiger partial charge on any atom is -0.211 e. The van der Waals surface area contributed by atoms with E-state index in [1.807, 2.05) is 0 Å². The summed E-state index contributed by atoms with van der Waals surface area (Å²) in [6.45, 7) is 0. The van der Waals surface area contributed by atoms with Crippen LogP contribution in [-0.4, -0.2) is 34.3 Å². The molecule has 6 nitrogen and oxygen atoms in total. The monoisotopic (exact) mass is 407 g/mol. The number of hydrogen-bond donors (Lipinski definition) is 0. The van der Waals surface area contributed by atoms with Gasteiger partial charge in [-0.2, -0.15) is 15.0 Å². The van der Waals surface area contributed by atoms with Gasteiger partial charge in [0.25, 0.3) is 5.79 Å². The molecule has 0 aliphatic rings. The molecule has 0 aliphatic heterocycles. The number of unbranched alkanes of at least 4 members (excludes halogenated alkanes) is 14. The third-order valence-corrected chi connectivity index (χ3v) is 5.75. The molecule has 0 fully saturated rings. The molecule has 0 saturated carbocycles. The Kier molecular flexibility index (Phi) is 18.9. The van der Waals surface area contributed by atoms with Crippen molar-refractivity contribution in [1.29, 1.82) is 0 Å². The smallest absolute Gasteiger partial charge is 0.211 e. The van der Waals surface area contributed by atoms with E-state index in [0.717, 1.165) is 19.3 Å². The standard InChI is InChI=1S/C21H37N3O3Si/c25-18-22-21(23-19-26,24-20-27)16-14-12-10-8-6-4-2-1-3-5-7-9-11-13-15-17-28/h1-17H2,28H3. The molecule has 158 valence electrons. The van der Waals surface area contributed by atoms with E-state index >= 15 is 0 Å². The van der Waals surface area contributed by atoms with Crippen molar-refractivity contribution in [2.45, 2.75) is 115 Å². The Morgan fingerprint density at radius 1 is 0.500 bits per heavy atom. The summed E-state index contributed by atoms with van der Waals surface area (Å²) < 4.78 is 0. The van der Waals surface area contributed by atoms with Crippen LogP contribution in [-0.2, 0) is 14.4 Å². The molecular formula is C21H37N3O3Si. The molecule has 0 aromatic rings. The molecule has 0 atom stereocenters. The zero-order valence-electron chi connectivity index (χ0n) is 17.6. The second-order valence-electron chi connectivity index (χ2n) is 7.44. The van der Waals surface area contributed by atoms with Gasteiger partial charge < -0.3 is 0 Å². The topological polar surface area (TPSA) is 88.3 Å². The zero-order chi connectivity index (χ0) is 20.8. The lowest BCUT2D eigenvalue weighted by Gasteiger charge is -2.14. The highest BCUT2D eigenvalue weighted by Gasteiger charge is 2.28. The highest BCUT2D eigenvalue weighted by atomic mass is 28.1. The summed E-state index contributed by atoms with van der Waals surface area (Å²) in [6.07, 6.45) is 23.0. The molecule has 0 aliphatic carbocycles. The number of nitrogens with zero attached hydrogens (tertiary/aromatic N) is 3. The minimum absolute atomic E-state index is 0.215. The van der Waals surface area contributed by atoms with Gasteiger partial charge in [-0.3, -0.25) is 0 Å². The van der Waals surface area contributed by atoms with Crippen LogP contribution >= 0.6 is 0 Å². The van der Waals surface area contributed by atoms with Gasteiger partial charge >= 0.3 is 0 Å². The average Bonchev–Trinajstić information content (AvgIpc) is 2.68. The average molecular weight is 408 g/mol. The summed E-state index contributed by atoms with van der Waals surface area (Å²) in [5.74, 6) is -1.71. The van der Waals surface area contributed by atoms with Crippen LogP contribution in [0.4, 0.5) is 0 Å². The number of aliphatic imine (C=N–C) groups is 3. The van der Waals surface area contributed by atoms with Crippen molar-refractivity contribution in [3.8, 4) is 0 Å². The highest BCUT2D eigenvalue weighted by molar-refractivity contribution is 6.08. The summed E-state index contributed by atoms with van der Waals surface area (Å²) in [7, 11) is 1.36. The molecule has 0 unspecified atom stereocenters. The van der Waals surface area contributed by atoms with Gasteiger partial charge in [-0.15, -0.1) is 0 Å². The van der Waals surface area contributed by atoms with Crippen LogP contribution in [0.5, 0.6) is 0 Å². The van der Waals surface area contributed by atoms with E-state index in [0.29, 0.717) is 6.42 Å². The van der Waals surface area contributed by atoms with Crippen LogP contribution in [0.25, 0.3) is 0 Å². The fourth-order valence-electron chi connectivity index (χ4n) is 3.37. The predicted octanol–water partition coefficient (Wildman–Crippen LogP) is 4.67. The van der Waals surface area contributed by atoms with Gasteiger partial charge in [-0.05, 0) is 6.42 Å². The molecule has 28 heavy (non-hydrogen) atoms. The molecule has 0 aromatic carbocycles. The lowest BCUT2D eigenvalue weighted by molar-refractivity contribution is 0.398. The molecule has 0 heterocycles. The summed E-state index contributed by atoms with van der Waals surface area (Å²) in [5.41, 5.74) is 0. The second kappa shape index (κ2) is 20.1. The van der Waals surface area contributed by atoms with E-state index in [-0.39, 0.29) is 6.42 Å². The maximum Gasteiger partial charge on any atom is 0.277 e. The number of hydrogen-bond acceptors (Lipinski definition) is 6. The third kappa shape index (κ3) is 15.4. The van der Waals surface area contributed by atoms with E-state index in [4.69, 9.17) is 0 Å². The Labute approximate surface area is 172 Å². The molecular weight excluding hydrogens is 370 g/mol. The second-order valence-corrected chi connectivity index (χ2v) is 8.44. The van der Waals surface area contributed by atoms with Crippen molar-refractivity contribution in [2.75, 3.05) is 0 Å². The van der Waals surface area contributed by atoms with Crippen molar-refractivity contribution >= 4 is 28.5 Å². The molecule has 0 bridgehead atoms. The lowest BCUT2D eigenvalue weighted by Crippen LogP contribution is -2.20. The quantitative estimate of drug-likeness (QED) is 0.127. The summed E-state index contributed by atoms with van der Waals surface area (Å²) in [5, 5.41) is 0. The van der Waals surface area contributed by atoms with Crippen molar-refractivity contribution in [2.24, 2.45) is 15.0 Å². The van der Waals surface area contributed by atoms with Crippen LogP contribution < -0.4 is 0 Å². The van der Waals surface area contributed by atoms with Gasteiger partial charge in [0.05, 0.1) is 0 Å². The first kappa shape index (κ1) is 26.4. The fourth-order valence-corrected chi connectivity index (χ4v) is 3.87. The van der Waals surface area contributed by atoms with Crippen LogP contribution in [0.15, 0.2) is 15.0 Å². The van der Waals surface area contributed by atoms with E-state index in [1.165, 1.54) is 105 Å². The Hall–Kier alpha value is -1.64. The molecule has 0 N–H and O–H groups in total. The zero-order valence-corrected chi connectivity index (χ0v) is 19.6. The third-order valence-electron chi connectivity index (χ3n) is 5.04. The van der Waals surface area contributed by atoms with Gasteiger partial charge in [0, 0.05) is 16.7 Å². The molecule has 7 heteroatoms. The first-order chi connectivity index (χ1) is 13.7. The predicted molar refractivity (Wildman–Crippen MR) is 116 cm³/mol. The Bertz CT molecular complexity index is 477. The Morgan fingerprint density at radius 2 is 0.786 bits per heavy atom. The minimum atomic E-state index is -1.71. The van der Waals surface area contributed by atoms with E-state index in [2.05, 4.69) is 15.0 Å². The van der Waals surface area contributed by atoms with Gasteiger partial charge in [-0.25, -0.2) is 14.4 Å². The van der Waals surface area contributed by atoms with E-state index in [1.54, 1.807) is 0 Å². The van der Waals surface area contributed by atoms with E-state index < -0.39 is 5.79 Å². The normalized spacial score (nSPS) is 12.4. The highest BCUT2D eigenvalue weighted by Crippen LogP contribution is 2.23. The van der Waals surface area contributed by atoms with Gasteiger partial charge in [0.15, 0.2) is 0 Å². The van der Waals surface area contributed by atoms with Gasteiger partial charge in [-0.1, -0.05) is 95.9 Å². The fraction of sp³-hybridized carbons (Fsp3) is 0.857. The molecule has 0 aromatic heterocycles. The first-order valence-electron chi connectivity index (χ1n) is 11.0. The van der Waals surface area contributed by atoms with E-state index in [9.17, 15) is 14.4 Å². The molecule has 0 rings (SSSR count). The maximum atomic E-state index is 10.5. The largest absolute Gasteiger partial charge is 0.277 e. The summed E-state index contributed by atoms with van der Waals surface area (Å²) >= 11 is 0. The SMILES string of the molecule is O=C=NC(CCCCCCCCCCCCCCCCC[SiH3])(N=C=O)N=C=O. The van der Waals surface area contributed by atoms with Crippen molar-refractivity contribution in [3.63, 3.8) is 0 Å².